The van der Waals surface area contributed by atoms with Gasteiger partial charge in [0.25, 0.3) is 0 Å². The minimum absolute atomic E-state index is 0.126. The van der Waals surface area contributed by atoms with Gasteiger partial charge in [-0.25, -0.2) is 0 Å². The lowest BCUT2D eigenvalue weighted by atomic mass is 10.1. The van der Waals surface area contributed by atoms with Crippen LogP contribution in [0.15, 0.2) is 12.1 Å². The molecule has 1 aromatic heterocycles. The Hall–Kier alpha value is -0.620. The average molecular weight is 278 g/mol. The maximum atomic E-state index is 11.8. The third-order valence-corrected chi connectivity index (χ3v) is 3.70. The molecule has 0 aliphatic rings. The number of hydrogen-bond donors (Lipinski definition) is 2. The lowest BCUT2D eigenvalue weighted by molar-refractivity contribution is -0.122. The van der Waals surface area contributed by atoms with Crippen LogP contribution >= 0.6 is 22.9 Å². The third-order valence-electron chi connectivity index (χ3n) is 2.29. The molecule has 1 amide bonds. The summed E-state index contributed by atoms with van der Waals surface area (Å²) < 4.78 is 5.43. The summed E-state index contributed by atoms with van der Waals surface area (Å²) in [6.07, 6.45) is -0.678. The number of hydrogen-bond acceptors (Lipinski definition) is 4. The maximum Gasteiger partial charge on any atom is 0.228 e. The first-order valence-electron chi connectivity index (χ1n) is 5.24. The van der Waals surface area contributed by atoms with E-state index in [-0.39, 0.29) is 25.0 Å². The van der Waals surface area contributed by atoms with E-state index in [1.165, 1.54) is 18.4 Å². The predicted molar refractivity (Wildman–Crippen MR) is 68.6 cm³/mol. The number of aliphatic hydroxyl groups is 1. The molecule has 0 fully saturated rings. The van der Waals surface area contributed by atoms with Gasteiger partial charge < -0.3 is 15.2 Å². The van der Waals surface area contributed by atoms with E-state index < -0.39 is 6.10 Å². The second kappa shape index (κ2) is 6.96. The molecular formula is C11H16ClNO3S. The number of halogens is 1. The van der Waals surface area contributed by atoms with E-state index in [1.807, 2.05) is 6.07 Å². The summed E-state index contributed by atoms with van der Waals surface area (Å²) in [5, 5.41) is 12.1. The number of nitrogens with one attached hydrogen (secondary N) is 1. The molecule has 0 saturated heterocycles. The Labute approximate surface area is 110 Å². The fourth-order valence-electron chi connectivity index (χ4n) is 1.31. The van der Waals surface area contributed by atoms with Gasteiger partial charge in [-0.2, -0.15) is 0 Å². The van der Waals surface area contributed by atoms with E-state index in [2.05, 4.69) is 5.32 Å². The third kappa shape index (κ3) is 4.63. The van der Waals surface area contributed by atoms with Gasteiger partial charge in [0.1, 0.15) is 0 Å². The van der Waals surface area contributed by atoms with Gasteiger partial charge in [-0.3, -0.25) is 4.79 Å². The van der Waals surface area contributed by atoms with Gasteiger partial charge in [0, 0.05) is 18.5 Å². The van der Waals surface area contributed by atoms with Crippen LogP contribution < -0.4 is 5.32 Å². The van der Waals surface area contributed by atoms with Crippen LogP contribution in [-0.4, -0.2) is 37.4 Å². The van der Waals surface area contributed by atoms with Gasteiger partial charge in [-0.1, -0.05) is 11.6 Å². The first kappa shape index (κ1) is 14.4. The van der Waals surface area contributed by atoms with Crippen molar-refractivity contribution in [3.05, 3.63) is 21.3 Å². The van der Waals surface area contributed by atoms with Crippen molar-refractivity contribution in [2.75, 3.05) is 20.3 Å². The second-order valence-electron chi connectivity index (χ2n) is 3.72. The largest absolute Gasteiger partial charge is 0.389 e. The van der Waals surface area contributed by atoms with E-state index in [9.17, 15) is 9.90 Å². The molecule has 0 bridgehead atoms. The number of carbonyl (C=O) groups excluding carboxylic acids is 1. The number of thiophene rings is 1. The summed E-state index contributed by atoms with van der Waals surface area (Å²) in [7, 11) is 1.50. The number of aliphatic hydroxyl groups excluding tert-OH is 1. The number of ether oxygens (including phenoxy) is 1. The van der Waals surface area contributed by atoms with Crippen LogP contribution in [0, 0.1) is 0 Å². The average Bonchev–Trinajstić information content (AvgIpc) is 2.72. The van der Waals surface area contributed by atoms with Crippen LogP contribution in [0.4, 0.5) is 0 Å². The molecule has 0 saturated carbocycles. The predicted octanol–water partition coefficient (Wildman–Crippen LogP) is 1.63. The van der Waals surface area contributed by atoms with E-state index in [0.717, 1.165) is 4.88 Å². The van der Waals surface area contributed by atoms with Crippen LogP contribution in [0.1, 0.15) is 17.7 Å². The molecule has 0 radical (unpaired) electrons. The smallest absolute Gasteiger partial charge is 0.228 e. The molecule has 0 aliphatic carbocycles. The summed E-state index contributed by atoms with van der Waals surface area (Å²) in [6, 6.07) is 3.61. The molecule has 6 heteroatoms. The minimum Gasteiger partial charge on any atom is -0.389 e. The van der Waals surface area contributed by atoms with Crippen molar-refractivity contribution in [2.45, 2.75) is 18.9 Å². The molecule has 1 heterocycles. The van der Waals surface area contributed by atoms with Gasteiger partial charge >= 0.3 is 0 Å². The molecule has 4 nitrogen and oxygen atoms in total. The van der Waals surface area contributed by atoms with Gasteiger partial charge in [0.2, 0.25) is 5.91 Å². The Morgan fingerprint density at radius 3 is 2.88 bits per heavy atom. The zero-order chi connectivity index (χ0) is 12.8. The normalized spacial score (nSPS) is 14.4. The highest BCUT2D eigenvalue weighted by molar-refractivity contribution is 7.16. The monoisotopic (exact) mass is 277 g/mol. The fraction of sp³-hybridized carbons (Fsp3) is 0.545. The van der Waals surface area contributed by atoms with Crippen LogP contribution in [0.5, 0.6) is 0 Å². The topological polar surface area (TPSA) is 58.6 Å². The van der Waals surface area contributed by atoms with Gasteiger partial charge in [-0.15, -0.1) is 11.3 Å². The first-order valence-corrected chi connectivity index (χ1v) is 6.44. The first-order chi connectivity index (χ1) is 8.04. The molecule has 0 aliphatic heterocycles. The van der Waals surface area contributed by atoms with Crippen molar-refractivity contribution in [3.8, 4) is 0 Å². The summed E-state index contributed by atoms with van der Waals surface area (Å²) in [5.41, 5.74) is 0. The number of amides is 1. The molecule has 2 unspecified atom stereocenters. The van der Waals surface area contributed by atoms with Crippen LogP contribution in [-0.2, 0) is 9.53 Å². The lowest BCUT2D eigenvalue weighted by Gasteiger charge is -2.13. The SMILES string of the molecule is COCC(O)CNC(=O)C(C)c1ccc(Cl)s1. The second-order valence-corrected chi connectivity index (χ2v) is 5.46. The zero-order valence-electron chi connectivity index (χ0n) is 9.77. The summed E-state index contributed by atoms with van der Waals surface area (Å²) in [4.78, 5) is 12.7. The van der Waals surface area contributed by atoms with E-state index in [0.29, 0.717) is 4.34 Å². The molecule has 2 N–H and O–H groups in total. The molecular weight excluding hydrogens is 262 g/mol. The van der Waals surface area contributed by atoms with Crippen LogP contribution in [0.2, 0.25) is 4.34 Å². The highest BCUT2D eigenvalue weighted by atomic mass is 35.5. The van der Waals surface area contributed by atoms with Crippen molar-refractivity contribution >= 4 is 28.8 Å². The summed E-state index contributed by atoms with van der Waals surface area (Å²) in [5.74, 6) is -0.388. The fourth-order valence-corrected chi connectivity index (χ4v) is 2.42. The van der Waals surface area contributed by atoms with E-state index in [1.54, 1.807) is 13.0 Å². The zero-order valence-corrected chi connectivity index (χ0v) is 11.3. The van der Waals surface area contributed by atoms with Crippen LogP contribution in [0.25, 0.3) is 0 Å². The highest BCUT2D eigenvalue weighted by Gasteiger charge is 2.17. The Morgan fingerprint density at radius 2 is 2.35 bits per heavy atom. The molecule has 0 spiro atoms. The Kier molecular flexibility index (Phi) is 5.91. The van der Waals surface area contributed by atoms with Crippen molar-refractivity contribution in [1.29, 1.82) is 0 Å². The van der Waals surface area contributed by atoms with Crippen molar-refractivity contribution in [3.63, 3.8) is 0 Å². The van der Waals surface area contributed by atoms with Crippen molar-refractivity contribution in [2.24, 2.45) is 0 Å². The van der Waals surface area contributed by atoms with Gasteiger partial charge in [-0.05, 0) is 19.1 Å². The summed E-state index contributed by atoms with van der Waals surface area (Å²) >= 11 is 7.19. The molecule has 1 aromatic rings. The van der Waals surface area contributed by atoms with Crippen molar-refractivity contribution in [1.82, 2.24) is 5.32 Å². The molecule has 96 valence electrons. The Morgan fingerprint density at radius 1 is 1.65 bits per heavy atom. The van der Waals surface area contributed by atoms with Gasteiger partial charge in [0.15, 0.2) is 0 Å². The van der Waals surface area contributed by atoms with Gasteiger partial charge in [0.05, 0.1) is 23.0 Å². The number of methoxy groups -OCH3 is 1. The molecule has 1 rings (SSSR count). The molecule has 0 aromatic carbocycles. The quantitative estimate of drug-likeness (QED) is 0.831. The number of carbonyl (C=O) groups is 1. The molecule has 17 heavy (non-hydrogen) atoms. The Balaban J connectivity index is 2.42. The highest BCUT2D eigenvalue weighted by Crippen LogP contribution is 2.27. The standard InChI is InChI=1S/C11H16ClNO3S/c1-7(9-3-4-10(12)17-9)11(15)13-5-8(14)6-16-2/h3-4,7-8,14H,5-6H2,1-2H3,(H,13,15). The van der Waals surface area contributed by atoms with E-state index >= 15 is 0 Å². The summed E-state index contributed by atoms with van der Waals surface area (Å²) in [6.45, 7) is 2.20. The van der Waals surface area contributed by atoms with E-state index in [4.69, 9.17) is 16.3 Å². The lowest BCUT2D eigenvalue weighted by Crippen LogP contribution is -2.36. The Bertz CT molecular complexity index is 369. The molecule has 2 atom stereocenters. The van der Waals surface area contributed by atoms with Crippen molar-refractivity contribution < 1.29 is 14.6 Å². The minimum atomic E-state index is -0.678. The maximum absolute atomic E-state index is 11.8. The number of rotatable bonds is 6. The van der Waals surface area contributed by atoms with Crippen LogP contribution in [0.3, 0.4) is 0 Å².